The first-order valence-corrected chi connectivity index (χ1v) is 32.6. The summed E-state index contributed by atoms with van der Waals surface area (Å²) in [6, 6.07) is 18.0. The van der Waals surface area contributed by atoms with Crippen molar-refractivity contribution in [1.82, 2.24) is 20.9 Å². The molecule has 17 atom stereocenters. The van der Waals surface area contributed by atoms with Crippen molar-refractivity contribution >= 4 is 22.3 Å². The molecular weight excluding hydrogens is 1070 g/mol. The minimum atomic E-state index is -1.47. The number of H-pyrrole nitrogens is 1. The van der Waals surface area contributed by atoms with E-state index in [9.17, 15) is 35.4 Å². The standard InChI is InChI=1S/C71H91N5O9/c1-4-38-35-74-60(72)33-50(38)49(41-14-13-39-11-7-8-12-40(39)27-41)32-55(79)54(78)28-43-21-25-70(58(81)19-16-42-29-57(85-3)56(80)31-48(42)43)26-22-44(30-59(70)82)62-47(18-20-61(83)84)68-67-65(51(62)37-73-5-2)69-63-45(36-75-69)15-17-46-53(77)34-52(66(67)64(46)63)76-71(68)23-9-6-10-24-71/h7-8,11-14,27,29,31,33,36,43-44,46-47,49,51-52,54-55,59,61-62,64-68,73-76,78-80,82-84H,4-6,9-10,15-20,22-24,26,28,30,32,34-35,37,72H2,1-3H3/t43-,44-,46-,47+,49-,51-,52+,54+,55-,59-,62-,64-,65+,66+,67-,68+,70-/m1/s1. The Kier molecular flexibility index (Phi) is 16.2. The SMILES string of the molecule is CCNC[C@H]1[C@@H]2c3[nH]cc4c3[C@@H]3[C@H]5[C@@H]2[C@H]([C@@H](CCC(O)O)[C@H]1[C@@H]1CC[C@@]2(C#C[C@H](C[C@H](O)[C@H](O)C[C@@H](C6=C(CC)CNC(N)=C6)c6ccc7ccccc7c6)c6cc(O)c(OC)cc6CCC2=O)[C@H](O)C1)C1(CCCCC1)N[C@H]5CC(=O)[C@H]3CC4. The highest BCUT2D eigenvalue weighted by Crippen LogP contribution is 2.71. The van der Waals surface area contributed by atoms with E-state index in [1.165, 1.54) is 35.9 Å². The third kappa shape index (κ3) is 10.2. The summed E-state index contributed by atoms with van der Waals surface area (Å²) in [5, 5.41) is 84.8. The maximum absolute atomic E-state index is 15.3. The molecule has 7 aliphatic carbocycles. The number of benzene rings is 3. The van der Waals surface area contributed by atoms with Crippen LogP contribution in [0.4, 0.5) is 0 Å². The molecule has 0 amide bonds. The number of hydrogen-bond acceptors (Lipinski definition) is 13. The number of rotatable bonds is 16. The van der Waals surface area contributed by atoms with Crippen LogP contribution in [-0.2, 0) is 22.4 Å². The topological polar surface area (TPSA) is 243 Å². The number of nitrogens with two attached hydrogens (primary N) is 1. The number of nitrogens with one attached hydrogen (secondary N) is 4. The molecular formula is C71H91N5O9. The molecule has 3 aromatic carbocycles. The molecule has 3 heterocycles. The lowest BCUT2D eigenvalue weighted by atomic mass is 9.38. The monoisotopic (exact) mass is 1160 g/mol. The lowest BCUT2D eigenvalue weighted by Crippen LogP contribution is -2.74. The number of carbonyl (C=O) groups is 2. The number of aliphatic hydroxyl groups excluding tert-OH is 4. The van der Waals surface area contributed by atoms with E-state index >= 15 is 4.79 Å². The second-order valence-corrected chi connectivity index (χ2v) is 27.5. The predicted octanol–water partition coefficient (Wildman–Crippen LogP) is 8.53. The Morgan fingerprint density at radius 2 is 1.69 bits per heavy atom. The maximum Gasteiger partial charge on any atom is 0.160 e. The fourth-order valence-corrected chi connectivity index (χ4v) is 20.0. The van der Waals surface area contributed by atoms with Crippen LogP contribution < -0.4 is 26.4 Å². The minimum Gasteiger partial charge on any atom is -0.504 e. The van der Waals surface area contributed by atoms with Crippen molar-refractivity contribution in [1.29, 1.82) is 0 Å². The Morgan fingerprint density at radius 3 is 2.46 bits per heavy atom. The third-order valence-corrected chi connectivity index (χ3v) is 23.6. The van der Waals surface area contributed by atoms with Crippen molar-refractivity contribution < 1.29 is 45.0 Å². The maximum atomic E-state index is 15.3. The molecule has 13 rings (SSSR count). The summed E-state index contributed by atoms with van der Waals surface area (Å²) in [6.45, 7) is 6.40. The van der Waals surface area contributed by atoms with Crippen LogP contribution in [0, 0.1) is 64.6 Å². The average Bonchev–Trinajstić information content (AvgIpc) is 2.05. The highest BCUT2D eigenvalue weighted by molar-refractivity contribution is 5.89. The number of piperidine rings is 1. The molecule has 454 valence electrons. The number of phenols is 1. The Hall–Kier alpha value is -5.50. The van der Waals surface area contributed by atoms with Gasteiger partial charge in [0.05, 0.1) is 31.2 Å². The molecule has 12 N–H and O–H groups in total. The molecule has 9 aliphatic rings. The van der Waals surface area contributed by atoms with Gasteiger partial charge in [0.25, 0.3) is 0 Å². The number of aromatic hydroxyl groups is 1. The van der Waals surface area contributed by atoms with Gasteiger partial charge in [0, 0.05) is 72.4 Å². The normalized spacial score (nSPS) is 33.8. The molecule has 0 bridgehead atoms. The number of Topliss-reactive ketones (excluding diaryl/α,β-unsaturated/α-hetero) is 2. The predicted molar refractivity (Wildman–Crippen MR) is 327 cm³/mol. The number of phenolic OH excluding ortho intramolecular Hbond substituents is 1. The first-order valence-electron chi connectivity index (χ1n) is 32.6. The molecule has 0 unspecified atom stereocenters. The van der Waals surface area contributed by atoms with Crippen molar-refractivity contribution in [2.45, 2.75) is 189 Å². The number of allylic oxidation sites excluding steroid dienone is 2. The van der Waals surface area contributed by atoms with E-state index in [-0.39, 0.29) is 126 Å². The number of carbonyl (C=O) groups excluding carboxylic acids is 2. The Balaban J connectivity index is 0.859. The number of methoxy groups -OCH3 is 1. The van der Waals surface area contributed by atoms with Gasteiger partial charge in [-0.25, -0.2) is 0 Å². The summed E-state index contributed by atoms with van der Waals surface area (Å²) < 4.78 is 5.63. The van der Waals surface area contributed by atoms with Gasteiger partial charge < -0.3 is 62.0 Å². The lowest BCUT2D eigenvalue weighted by molar-refractivity contribution is -0.169. The molecule has 0 radical (unpaired) electrons. The molecule has 1 saturated heterocycles. The fraction of sp³-hybridized carbons (Fsp3) is 0.606. The van der Waals surface area contributed by atoms with Gasteiger partial charge in [-0.1, -0.05) is 87.4 Å². The van der Waals surface area contributed by atoms with E-state index in [0.717, 1.165) is 85.5 Å². The number of dihydropyridines is 1. The van der Waals surface area contributed by atoms with Gasteiger partial charge in [-0.2, -0.15) is 0 Å². The fourth-order valence-electron chi connectivity index (χ4n) is 20.0. The van der Waals surface area contributed by atoms with Crippen LogP contribution in [-0.4, -0.2) is 110 Å². The molecule has 2 aliphatic heterocycles. The highest BCUT2D eigenvalue weighted by Gasteiger charge is 2.69. The van der Waals surface area contributed by atoms with Crippen LogP contribution in [0.1, 0.15) is 174 Å². The number of ether oxygens (including phenoxy) is 1. The molecule has 4 saturated carbocycles. The molecule has 5 fully saturated rings. The van der Waals surface area contributed by atoms with Gasteiger partial charge in [-0.15, -0.1) is 0 Å². The number of aromatic amines is 1. The molecule has 14 nitrogen and oxygen atoms in total. The van der Waals surface area contributed by atoms with Crippen molar-refractivity contribution in [3.05, 3.63) is 117 Å². The third-order valence-electron chi connectivity index (χ3n) is 23.6. The first kappa shape index (κ1) is 58.5. The van der Waals surface area contributed by atoms with Crippen molar-refractivity contribution in [2.24, 2.45) is 58.5 Å². The number of hydrogen-bond donors (Lipinski definition) is 11. The molecule has 85 heavy (non-hydrogen) atoms. The van der Waals surface area contributed by atoms with Gasteiger partial charge in [0.15, 0.2) is 23.6 Å². The quantitative estimate of drug-likeness (QED) is 0.0373. The number of aryl methyl sites for hydroxylation is 2. The van der Waals surface area contributed by atoms with Gasteiger partial charge in [-0.05, 0) is 206 Å². The molecule has 4 aromatic rings. The van der Waals surface area contributed by atoms with Crippen LogP contribution in [0.15, 0.2) is 83.8 Å². The van der Waals surface area contributed by atoms with E-state index < -0.39 is 35.9 Å². The van der Waals surface area contributed by atoms with E-state index in [4.69, 9.17) is 10.5 Å². The zero-order valence-corrected chi connectivity index (χ0v) is 50.0. The number of ketones is 2. The molecule has 14 heteroatoms. The van der Waals surface area contributed by atoms with Crippen LogP contribution in [0.3, 0.4) is 0 Å². The van der Waals surface area contributed by atoms with Crippen LogP contribution in [0.2, 0.25) is 0 Å². The second-order valence-electron chi connectivity index (χ2n) is 27.5. The number of aliphatic hydroxyl groups is 5. The van der Waals surface area contributed by atoms with Crippen molar-refractivity contribution in [3.63, 3.8) is 0 Å². The zero-order valence-electron chi connectivity index (χ0n) is 50.0. The largest absolute Gasteiger partial charge is 0.504 e. The van der Waals surface area contributed by atoms with E-state index in [1.807, 2.05) is 18.2 Å². The summed E-state index contributed by atoms with van der Waals surface area (Å²) >= 11 is 0. The summed E-state index contributed by atoms with van der Waals surface area (Å²) in [5.74, 6) is 8.28. The van der Waals surface area contributed by atoms with E-state index in [0.29, 0.717) is 55.8 Å². The second kappa shape index (κ2) is 23.5. The van der Waals surface area contributed by atoms with Crippen LogP contribution in [0.25, 0.3) is 10.8 Å². The summed E-state index contributed by atoms with van der Waals surface area (Å²) in [6.07, 6.45) is 10.4. The minimum absolute atomic E-state index is 0.00799. The van der Waals surface area contributed by atoms with Gasteiger partial charge in [-0.3, -0.25) is 9.59 Å². The Morgan fingerprint density at radius 1 is 0.882 bits per heavy atom. The summed E-state index contributed by atoms with van der Waals surface area (Å²) in [4.78, 5) is 33.6. The zero-order chi connectivity index (χ0) is 59.1. The molecule has 2 spiro atoms. The van der Waals surface area contributed by atoms with E-state index in [2.05, 4.69) is 83.2 Å². The number of aromatic nitrogens is 1. The number of fused-ring (bicyclic) bond motifs is 4. The van der Waals surface area contributed by atoms with Crippen molar-refractivity contribution in [2.75, 3.05) is 26.7 Å². The van der Waals surface area contributed by atoms with Gasteiger partial charge in [0.2, 0.25) is 0 Å². The van der Waals surface area contributed by atoms with Gasteiger partial charge in [0.1, 0.15) is 11.2 Å². The average molecular weight is 1160 g/mol. The smallest absolute Gasteiger partial charge is 0.160 e. The lowest BCUT2D eigenvalue weighted by Gasteiger charge is -2.70. The Bertz CT molecular complexity index is 3310. The van der Waals surface area contributed by atoms with Crippen molar-refractivity contribution in [3.8, 4) is 23.3 Å². The molecule has 1 aromatic heterocycles. The first-order chi connectivity index (χ1) is 41.1. The van der Waals surface area contributed by atoms with Gasteiger partial charge >= 0.3 is 0 Å². The van der Waals surface area contributed by atoms with E-state index in [1.54, 1.807) is 12.1 Å². The summed E-state index contributed by atoms with van der Waals surface area (Å²) in [5.41, 5.74) is 13.5. The van der Waals surface area contributed by atoms with Crippen LogP contribution in [0.5, 0.6) is 11.5 Å². The van der Waals surface area contributed by atoms with Crippen LogP contribution >= 0.6 is 0 Å². The Labute approximate surface area is 501 Å². The highest BCUT2D eigenvalue weighted by atomic mass is 16.5. The summed E-state index contributed by atoms with van der Waals surface area (Å²) in [7, 11) is 1.49.